The van der Waals surface area contributed by atoms with Crippen LogP contribution in [0.5, 0.6) is 0 Å². The van der Waals surface area contributed by atoms with Gasteiger partial charge in [0.2, 0.25) is 0 Å². The first-order valence-electron chi connectivity index (χ1n) is 5.91. The summed E-state index contributed by atoms with van der Waals surface area (Å²) in [4.78, 5) is 2.42. The lowest BCUT2D eigenvalue weighted by Crippen LogP contribution is -2.35. The summed E-state index contributed by atoms with van der Waals surface area (Å²) in [5, 5.41) is 3.71. The van der Waals surface area contributed by atoms with Crippen molar-refractivity contribution in [1.29, 1.82) is 0 Å². The highest BCUT2D eigenvalue weighted by atomic mass is 15.2. The van der Waals surface area contributed by atoms with Gasteiger partial charge in [-0.3, -0.25) is 0 Å². The number of nitrogens with one attached hydrogen (secondary N) is 1. The van der Waals surface area contributed by atoms with E-state index in [0.717, 1.165) is 12.0 Å². The molecule has 2 atom stereocenters. The van der Waals surface area contributed by atoms with Crippen molar-refractivity contribution in [2.24, 2.45) is 5.92 Å². The van der Waals surface area contributed by atoms with Gasteiger partial charge in [0.05, 0.1) is 0 Å². The monoisotopic (exact) mass is 194 g/mol. The highest BCUT2D eigenvalue weighted by molar-refractivity contribution is 4.91. The largest absolute Gasteiger partial charge is 0.312 e. The minimum atomic E-state index is 0.755. The standard InChI is InChI=1S/C12H22N2/c1-14-8-7-12(10-14)13-9-11-5-3-2-4-6-11/h2-3,11-13H,4-10H2,1H3. The lowest BCUT2D eigenvalue weighted by atomic mass is 9.94. The predicted molar refractivity (Wildman–Crippen MR) is 60.4 cm³/mol. The number of nitrogens with zero attached hydrogens (tertiary/aromatic N) is 1. The molecule has 0 aromatic carbocycles. The SMILES string of the molecule is CN1CCC(NCC2CC=CCC2)C1. The van der Waals surface area contributed by atoms with Gasteiger partial charge in [-0.2, -0.15) is 0 Å². The van der Waals surface area contributed by atoms with Crippen LogP contribution in [-0.4, -0.2) is 37.6 Å². The van der Waals surface area contributed by atoms with E-state index in [9.17, 15) is 0 Å². The van der Waals surface area contributed by atoms with E-state index in [0.29, 0.717) is 0 Å². The van der Waals surface area contributed by atoms with E-state index >= 15 is 0 Å². The average Bonchev–Trinajstić information content (AvgIpc) is 2.63. The molecule has 1 N–H and O–H groups in total. The van der Waals surface area contributed by atoms with E-state index in [-0.39, 0.29) is 0 Å². The fourth-order valence-corrected chi connectivity index (χ4v) is 2.48. The number of hydrogen-bond acceptors (Lipinski definition) is 2. The Morgan fingerprint density at radius 2 is 2.29 bits per heavy atom. The molecule has 1 fully saturated rings. The second-order valence-corrected chi connectivity index (χ2v) is 4.81. The Hall–Kier alpha value is -0.340. The zero-order valence-electron chi connectivity index (χ0n) is 9.21. The Balaban J connectivity index is 1.64. The van der Waals surface area contributed by atoms with Gasteiger partial charge >= 0.3 is 0 Å². The van der Waals surface area contributed by atoms with E-state index in [1.54, 1.807) is 0 Å². The van der Waals surface area contributed by atoms with Crippen LogP contribution in [0.15, 0.2) is 12.2 Å². The molecule has 80 valence electrons. The molecule has 0 radical (unpaired) electrons. The second kappa shape index (κ2) is 4.94. The van der Waals surface area contributed by atoms with E-state index in [1.165, 1.54) is 45.3 Å². The summed E-state index contributed by atoms with van der Waals surface area (Å²) >= 11 is 0. The van der Waals surface area contributed by atoms with Crippen molar-refractivity contribution < 1.29 is 0 Å². The number of rotatable bonds is 3. The van der Waals surface area contributed by atoms with Gasteiger partial charge in [0.25, 0.3) is 0 Å². The third-order valence-electron chi connectivity index (χ3n) is 3.46. The highest BCUT2D eigenvalue weighted by Crippen LogP contribution is 2.17. The van der Waals surface area contributed by atoms with E-state index in [4.69, 9.17) is 0 Å². The molecule has 2 aliphatic rings. The molecule has 1 saturated heterocycles. The van der Waals surface area contributed by atoms with Crippen molar-refractivity contribution in [2.75, 3.05) is 26.7 Å². The number of likely N-dealkylation sites (N-methyl/N-ethyl adjacent to an activating group) is 1. The molecule has 2 unspecified atom stereocenters. The van der Waals surface area contributed by atoms with Crippen LogP contribution in [0.25, 0.3) is 0 Å². The Bertz CT molecular complexity index is 200. The minimum Gasteiger partial charge on any atom is -0.312 e. The molecule has 0 bridgehead atoms. The lowest BCUT2D eigenvalue weighted by Gasteiger charge is -2.21. The number of hydrogen-bond donors (Lipinski definition) is 1. The van der Waals surface area contributed by atoms with Crippen LogP contribution in [0.3, 0.4) is 0 Å². The van der Waals surface area contributed by atoms with Crippen molar-refractivity contribution in [3.63, 3.8) is 0 Å². The van der Waals surface area contributed by atoms with Gasteiger partial charge < -0.3 is 10.2 Å². The van der Waals surface area contributed by atoms with Gasteiger partial charge in [-0.25, -0.2) is 0 Å². The van der Waals surface area contributed by atoms with Gasteiger partial charge in [0.1, 0.15) is 0 Å². The molecular weight excluding hydrogens is 172 g/mol. The maximum absolute atomic E-state index is 3.71. The molecule has 2 heteroatoms. The maximum atomic E-state index is 3.71. The molecule has 2 nitrogen and oxygen atoms in total. The van der Waals surface area contributed by atoms with E-state index in [2.05, 4.69) is 29.4 Å². The van der Waals surface area contributed by atoms with Crippen molar-refractivity contribution in [3.05, 3.63) is 12.2 Å². The zero-order valence-corrected chi connectivity index (χ0v) is 9.21. The van der Waals surface area contributed by atoms with Gasteiger partial charge in [-0.05, 0) is 51.7 Å². The zero-order chi connectivity index (χ0) is 9.80. The van der Waals surface area contributed by atoms with Crippen molar-refractivity contribution in [1.82, 2.24) is 10.2 Å². The Kier molecular flexibility index (Phi) is 3.60. The third kappa shape index (κ3) is 2.82. The third-order valence-corrected chi connectivity index (χ3v) is 3.46. The first-order chi connectivity index (χ1) is 6.84. The first kappa shape index (κ1) is 10.2. The topological polar surface area (TPSA) is 15.3 Å². The molecule has 1 aliphatic carbocycles. The van der Waals surface area contributed by atoms with Crippen LogP contribution < -0.4 is 5.32 Å². The Morgan fingerprint density at radius 1 is 1.36 bits per heavy atom. The van der Waals surface area contributed by atoms with Crippen molar-refractivity contribution >= 4 is 0 Å². The Morgan fingerprint density at radius 3 is 2.93 bits per heavy atom. The van der Waals surface area contributed by atoms with Crippen LogP contribution in [0, 0.1) is 5.92 Å². The average molecular weight is 194 g/mol. The molecule has 0 saturated carbocycles. The lowest BCUT2D eigenvalue weighted by molar-refractivity contribution is 0.375. The summed E-state index contributed by atoms with van der Waals surface area (Å²) in [6.45, 7) is 3.73. The second-order valence-electron chi connectivity index (χ2n) is 4.81. The van der Waals surface area contributed by atoms with Crippen LogP contribution >= 0.6 is 0 Å². The molecule has 1 aliphatic heterocycles. The molecule has 2 rings (SSSR count). The predicted octanol–water partition coefficient (Wildman–Crippen LogP) is 1.64. The smallest absolute Gasteiger partial charge is 0.0207 e. The Labute approximate surface area is 87.4 Å². The highest BCUT2D eigenvalue weighted by Gasteiger charge is 2.19. The molecule has 0 spiro atoms. The number of allylic oxidation sites excluding steroid dienone is 2. The quantitative estimate of drug-likeness (QED) is 0.687. The van der Waals surface area contributed by atoms with Gasteiger partial charge in [0, 0.05) is 12.6 Å². The van der Waals surface area contributed by atoms with Crippen molar-refractivity contribution in [2.45, 2.75) is 31.7 Å². The van der Waals surface area contributed by atoms with E-state index < -0.39 is 0 Å². The summed E-state index contributed by atoms with van der Waals surface area (Å²) < 4.78 is 0. The molecular formula is C12H22N2. The molecule has 14 heavy (non-hydrogen) atoms. The van der Waals surface area contributed by atoms with Gasteiger partial charge in [-0.15, -0.1) is 0 Å². The molecule has 0 aromatic heterocycles. The fraction of sp³-hybridized carbons (Fsp3) is 0.833. The maximum Gasteiger partial charge on any atom is 0.0207 e. The summed E-state index contributed by atoms with van der Waals surface area (Å²) in [6.07, 6.45) is 9.95. The summed E-state index contributed by atoms with van der Waals surface area (Å²) in [5.41, 5.74) is 0. The van der Waals surface area contributed by atoms with Crippen LogP contribution in [0.2, 0.25) is 0 Å². The summed E-state index contributed by atoms with van der Waals surface area (Å²) in [6, 6.07) is 0.755. The fourth-order valence-electron chi connectivity index (χ4n) is 2.48. The molecule has 1 heterocycles. The normalized spacial score (nSPS) is 33.8. The summed E-state index contributed by atoms with van der Waals surface area (Å²) in [5.74, 6) is 0.894. The number of likely N-dealkylation sites (tertiary alicyclic amines) is 1. The summed E-state index contributed by atoms with van der Waals surface area (Å²) in [7, 11) is 2.21. The van der Waals surface area contributed by atoms with Crippen molar-refractivity contribution in [3.8, 4) is 0 Å². The minimum absolute atomic E-state index is 0.755. The first-order valence-corrected chi connectivity index (χ1v) is 5.91. The van der Waals surface area contributed by atoms with Gasteiger partial charge in [-0.1, -0.05) is 12.2 Å². The van der Waals surface area contributed by atoms with Gasteiger partial charge in [0.15, 0.2) is 0 Å². The van der Waals surface area contributed by atoms with Crippen LogP contribution in [0.4, 0.5) is 0 Å². The van der Waals surface area contributed by atoms with E-state index in [1.807, 2.05) is 0 Å². The molecule has 0 amide bonds. The van der Waals surface area contributed by atoms with Crippen LogP contribution in [0.1, 0.15) is 25.7 Å². The molecule has 0 aromatic rings. The van der Waals surface area contributed by atoms with Crippen LogP contribution in [-0.2, 0) is 0 Å².